The molecule has 0 heterocycles. The largest absolute Gasteiger partial charge is 0.466 e. The van der Waals surface area contributed by atoms with Crippen LogP contribution in [0.4, 0.5) is 0 Å². The fourth-order valence-electron chi connectivity index (χ4n) is 7.30. The third-order valence-corrected chi connectivity index (χ3v) is 11.9. The zero-order chi connectivity index (χ0) is 51.6. The third-order valence-electron chi connectivity index (χ3n) is 11.9. The Morgan fingerprint density at radius 2 is 0.926 bits per heavy atom. The zero-order valence-corrected chi connectivity index (χ0v) is 44.5. The van der Waals surface area contributed by atoms with Crippen molar-refractivity contribution in [1.29, 1.82) is 0 Å². The van der Waals surface area contributed by atoms with Gasteiger partial charge in [0.05, 0.1) is 37.4 Å². The number of hydrogen-bond acceptors (Lipinski definition) is 14. The number of Topliss-reactive ketones (excluding diaryl/α,β-unsaturated/α-hetero) is 3. The topological polar surface area (TPSA) is 204 Å². The van der Waals surface area contributed by atoms with Crippen LogP contribution in [-0.4, -0.2) is 181 Å². The van der Waals surface area contributed by atoms with Crippen molar-refractivity contribution in [3.8, 4) is 0 Å². The predicted octanol–water partition coefficient (Wildman–Crippen LogP) is 4.39. The number of likely N-dealkylation sites (N-methyl/N-ethyl adjacent to an activating group) is 4. The van der Waals surface area contributed by atoms with Crippen LogP contribution in [0.3, 0.4) is 0 Å². The number of amides is 3. The quantitative estimate of drug-likeness (QED) is 0.0574. The van der Waals surface area contributed by atoms with Gasteiger partial charge in [-0.15, -0.1) is 0 Å². The first-order valence-corrected chi connectivity index (χ1v) is 25.4. The molecule has 0 aromatic rings. The van der Waals surface area contributed by atoms with Crippen molar-refractivity contribution in [2.75, 3.05) is 114 Å². The molecule has 17 heteroatoms. The molecule has 0 aromatic heterocycles. The number of ketones is 3. The summed E-state index contributed by atoms with van der Waals surface area (Å²) < 4.78 is 11.0. The molecular weight excluding hydrogens is 871 g/mol. The van der Waals surface area contributed by atoms with E-state index in [1.54, 1.807) is 6.92 Å². The molecule has 68 heavy (non-hydrogen) atoms. The molecule has 0 aliphatic carbocycles. The monoisotopic (exact) mass is 966 g/mol. The normalized spacial score (nSPS) is 13.4. The number of esters is 2. The summed E-state index contributed by atoms with van der Waals surface area (Å²) in [4.78, 5) is 117. The number of rotatable bonds is 42. The molecule has 0 aliphatic rings. The summed E-state index contributed by atoms with van der Waals surface area (Å²) in [6, 6.07) is 0. The van der Waals surface area contributed by atoms with Crippen LogP contribution in [0, 0.1) is 35.5 Å². The highest BCUT2D eigenvalue weighted by Gasteiger charge is 2.34. The van der Waals surface area contributed by atoms with Gasteiger partial charge in [0.15, 0.2) is 0 Å². The maximum absolute atomic E-state index is 14.3. The number of unbranched alkanes of at least 4 members (excludes halogenated alkanes) is 1. The van der Waals surface area contributed by atoms with Crippen LogP contribution in [0.1, 0.15) is 131 Å². The van der Waals surface area contributed by atoms with E-state index in [0.717, 1.165) is 45.4 Å². The first-order chi connectivity index (χ1) is 32.1. The second-order valence-corrected chi connectivity index (χ2v) is 20.1. The van der Waals surface area contributed by atoms with Crippen LogP contribution in [0.5, 0.6) is 0 Å². The molecule has 4 atom stereocenters. The lowest BCUT2D eigenvalue weighted by molar-refractivity contribution is -0.151. The molecule has 394 valence electrons. The Hall–Kier alpha value is -3.80. The fraction of sp³-hybridized carbons (Fsp3) is 0.843. The molecule has 3 amide bonds. The summed E-state index contributed by atoms with van der Waals surface area (Å²) in [7, 11) is 11.8. The van der Waals surface area contributed by atoms with Gasteiger partial charge in [-0.25, -0.2) is 0 Å². The van der Waals surface area contributed by atoms with Gasteiger partial charge in [-0.05, 0) is 92.6 Å². The second-order valence-electron chi connectivity index (χ2n) is 20.1. The fourth-order valence-corrected chi connectivity index (χ4v) is 7.30. The van der Waals surface area contributed by atoms with Gasteiger partial charge in [0.1, 0.15) is 17.3 Å². The maximum atomic E-state index is 14.3. The lowest BCUT2D eigenvalue weighted by Gasteiger charge is -2.23. The number of nitrogens with one attached hydrogen (secondary N) is 3. The summed E-state index contributed by atoms with van der Waals surface area (Å²) in [5, 5.41) is 8.59. The summed E-state index contributed by atoms with van der Waals surface area (Å²) in [5.74, 6) is -7.25. The average molecular weight is 966 g/mol. The summed E-state index contributed by atoms with van der Waals surface area (Å²) in [5.41, 5.74) is 0. The number of hydrogen-bond donors (Lipinski definition) is 3. The van der Waals surface area contributed by atoms with E-state index in [9.17, 15) is 38.4 Å². The van der Waals surface area contributed by atoms with Crippen LogP contribution in [0.2, 0.25) is 0 Å². The van der Waals surface area contributed by atoms with E-state index < -0.39 is 84.0 Å². The van der Waals surface area contributed by atoms with Gasteiger partial charge in [-0.3, -0.25) is 38.4 Å². The predicted molar refractivity (Wildman–Crippen MR) is 268 cm³/mol. The highest BCUT2D eigenvalue weighted by molar-refractivity contribution is 5.96. The van der Waals surface area contributed by atoms with E-state index in [0.29, 0.717) is 63.7 Å². The summed E-state index contributed by atoms with van der Waals surface area (Å²) >= 11 is 0. The van der Waals surface area contributed by atoms with Gasteiger partial charge < -0.3 is 45.0 Å². The molecule has 0 saturated carbocycles. The van der Waals surface area contributed by atoms with Gasteiger partial charge in [0.2, 0.25) is 17.7 Å². The molecule has 0 saturated heterocycles. The third kappa shape index (κ3) is 33.7. The number of carbonyl (C=O) groups is 8. The molecular formula is C51H95N7O10. The first kappa shape index (κ1) is 64.2. The number of ether oxygens (including phenoxy) is 2. The van der Waals surface area contributed by atoms with Crippen LogP contribution < -0.4 is 16.0 Å². The lowest BCUT2D eigenvalue weighted by Crippen LogP contribution is -2.41. The molecule has 0 aromatic carbocycles. The first-order valence-electron chi connectivity index (χ1n) is 25.4. The van der Waals surface area contributed by atoms with Crippen LogP contribution in [0.25, 0.3) is 0 Å². The van der Waals surface area contributed by atoms with Gasteiger partial charge in [-0.1, -0.05) is 48.0 Å². The number of nitrogens with zero attached hydrogens (tertiary/aromatic N) is 4. The van der Waals surface area contributed by atoms with Crippen LogP contribution >= 0.6 is 0 Å². The van der Waals surface area contributed by atoms with Crippen molar-refractivity contribution in [2.24, 2.45) is 35.5 Å². The van der Waals surface area contributed by atoms with E-state index in [4.69, 9.17) is 9.47 Å². The minimum atomic E-state index is -1.19. The van der Waals surface area contributed by atoms with Crippen molar-refractivity contribution in [1.82, 2.24) is 35.6 Å². The summed E-state index contributed by atoms with van der Waals surface area (Å²) in [6.07, 6.45) is 2.51. The van der Waals surface area contributed by atoms with Crippen LogP contribution in [-0.2, 0) is 47.8 Å². The molecule has 0 bridgehead atoms. The Morgan fingerprint density at radius 3 is 1.41 bits per heavy atom. The van der Waals surface area contributed by atoms with Gasteiger partial charge in [-0.2, -0.15) is 0 Å². The summed E-state index contributed by atoms with van der Waals surface area (Å²) in [6.45, 7) is 17.7. The molecule has 0 radical (unpaired) electrons. The van der Waals surface area contributed by atoms with E-state index >= 15 is 0 Å². The molecule has 3 N–H and O–H groups in total. The molecule has 0 fully saturated rings. The zero-order valence-electron chi connectivity index (χ0n) is 44.5. The highest BCUT2D eigenvalue weighted by atomic mass is 16.5. The smallest absolute Gasteiger partial charge is 0.309 e. The molecule has 0 aliphatic heterocycles. The van der Waals surface area contributed by atoms with Crippen molar-refractivity contribution in [3.05, 3.63) is 0 Å². The van der Waals surface area contributed by atoms with E-state index in [-0.39, 0.29) is 51.3 Å². The van der Waals surface area contributed by atoms with E-state index in [2.05, 4.69) is 53.4 Å². The molecule has 0 rings (SSSR count). The van der Waals surface area contributed by atoms with Crippen molar-refractivity contribution in [2.45, 2.75) is 131 Å². The lowest BCUT2D eigenvalue weighted by atomic mass is 9.83. The Morgan fingerprint density at radius 1 is 0.471 bits per heavy atom. The minimum absolute atomic E-state index is 0.147. The second kappa shape index (κ2) is 38.0. The van der Waals surface area contributed by atoms with E-state index in [1.165, 1.54) is 0 Å². The highest BCUT2D eigenvalue weighted by Crippen LogP contribution is 2.24. The van der Waals surface area contributed by atoms with E-state index in [1.807, 2.05) is 59.0 Å². The van der Waals surface area contributed by atoms with Crippen LogP contribution in [0.15, 0.2) is 0 Å². The Balaban J connectivity index is 6.50. The van der Waals surface area contributed by atoms with Crippen molar-refractivity contribution < 1.29 is 47.8 Å². The molecule has 4 unspecified atom stereocenters. The molecule has 0 spiro atoms. The average Bonchev–Trinajstić information content (AvgIpc) is 3.26. The Bertz CT molecular complexity index is 1490. The maximum Gasteiger partial charge on any atom is 0.309 e. The number of carbonyl (C=O) groups excluding carboxylic acids is 8. The van der Waals surface area contributed by atoms with Gasteiger partial charge in [0, 0.05) is 103 Å². The van der Waals surface area contributed by atoms with Gasteiger partial charge in [0.25, 0.3) is 0 Å². The SMILES string of the molecule is CCCCNC(=O)C(CC(=O)CC(CC(=O)C(CC(=O)CC(CC)C(=O)OCCCC(C)C)CC(=O)OCCCC(C)C)C(=O)NCCN(C)CCN(C)C)CC(=O)NCCN(C)CCN(C)C. The molecule has 17 nitrogen and oxygen atoms in total. The Labute approximate surface area is 410 Å². The van der Waals surface area contributed by atoms with Crippen molar-refractivity contribution in [3.63, 3.8) is 0 Å². The standard InChI is InChI=1S/C51H95N7O10/c1-13-15-20-53-50(65)43(36-47(62)52-21-23-57(11)27-25-55(7)8)34-45(60)33-42(49(64)54-22-24-58(12)28-26-56(9)10)35-46(61)41(37-48(63)67-29-16-18-38(3)4)32-44(59)31-40(14-2)51(66)68-30-17-19-39(5)6/h38-43H,13-37H2,1-12H3,(H,52,62)(H,53,65)(H,54,64). The van der Waals surface area contributed by atoms with Gasteiger partial charge >= 0.3 is 11.9 Å². The van der Waals surface area contributed by atoms with Crippen molar-refractivity contribution >= 4 is 47.0 Å². The Kier molecular flexibility index (Phi) is 35.9. The minimum Gasteiger partial charge on any atom is -0.466 e.